The largest absolute Gasteiger partial charge is 0.497 e. The van der Waals surface area contributed by atoms with Crippen LogP contribution in [-0.4, -0.2) is 61.2 Å². The Hall–Kier alpha value is -3.65. The number of anilines is 2. The second kappa shape index (κ2) is 10.3. The minimum absolute atomic E-state index is 0.113. The van der Waals surface area contributed by atoms with Crippen LogP contribution in [0.5, 0.6) is 5.75 Å². The summed E-state index contributed by atoms with van der Waals surface area (Å²) in [5.41, 5.74) is 9.22. The highest BCUT2D eigenvalue weighted by Gasteiger charge is 2.26. The molecule has 0 bridgehead atoms. The van der Waals surface area contributed by atoms with Gasteiger partial charge in [-0.3, -0.25) is 4.79 Å². The lowest BCUT2D eigenvalue weighted by molar-refractivity contribution is -0.138. The van der Waals surface area contributed by atoms with Crippen molar-refractivity contribution in [1.29, 1.82) is 0 Å². The number of hydrogen-bond acceptors (Lipinski definition) is 7. The third kappa shape index (κ3) is 5.59. The van der Waals surface area contributed by atoms with Crippen molar-refractivity contribution in [3.8, 4) is 17.0 Å². The Balaban J connectivity index is 1.36. The summed E-state index contributed by atoms with van der Waals surface area (Å²) in [5.74, 6) is 1.40. The zero-order valence-corrected chi connectivity index (χ0v) is 19.0. The fourth-order valence-corrected chi connectivity index (χ4v) is 3.79. The van der Waals surface area contributed by atoms with Gasteiger partial charge in [0, 0.05) is 44.0 Å². The van der Waals surface area contributed by atoms with Gasteiger partial charge in [0.05, 0.1) is 31.6 Å². The normalized spacial score (nSPS) is 15.8. The van der Waals surface area contributed by atoms with Crippen molar-refractivity contribution in [2.24, 2.45) is 0 Å². The Labute approximate surface area is 194 Å². The van der Waals surface area contributed by atoms with E-state index in [0.717, 1.165) is 28.4 Å². The molecule has 3 heterocycles. The van der Waals surface area contributed by atoms with E-state index in [0.29, 0.717) is 38.5 Å². The van der Waals surface area contributed by atoms with E-state index >= 15 is 0 Å². The molecule has 172 valence electrons. The number of ether oxygens (including phenoxy) is 2. The SMILES string of the molecule is COc1ccc(N(C)CCC(=O)N2CCO[C@H](c3cccc(-c4ccc(N)nc4)n3)C2)cc1. The molecule has 1 amide bonds. The number of nitrogen functional groups attached to an aromatic ring is 1. The number of methoxy groups -OCH3 is 1. The number of hydrogen-bond donors (Lipinski definition) is 1. The second-order valence-electron chi connectivity index (χ2n) is 7.99. The summed E-state index contributed by atoms with van der Waals surface area (Å²) in [6.45, 7) is 2.19. The molecule has 8 nitrogen and oxygen atoms in total. The molecule has 1 aliphatic rings. The molecule has 1 fully saturated rings. The first-order chi connectivity index (χ1) is 16.0. The predicted molar refractivity (Wildman–Crippen MR) is 128 cm³/mol. The summed E-state index contributed by atoms with van der Waals surface area (Å²) in [6.07, 6.45) is 1.88. The van der Waals surface area contributed by atoms with Gasteiger partial charge < -0.3 is 25.0 Å². The zero-order chi connectivity index (χ0) is 23.2. The van der Waals surface area contributed by atoms with Crippen molar-refractivity contribution in [2.45, 2.75) is 12.5 Å². The van der Waals surface area contributed by atoms with Gasteiger partial charge in [-0.15, -0.1) is 0 Å². The van der Waals surface area contributed by atoms with E-state index < -0.39 is 0 Å². The first kappa shape index (κ1) is 22.5. The average Bonchev–Trinajstić information content (AvgIpc) is 2.87. The molecule has 0 saturated carbocycles. The highest BCUT2D eigenvalue weighted by atomic mass is 16.5. The number of carbonyl (C=O) groups excluding carboxylic acids is 1. The van der Waals surface area contributed by atoms with Crippen LogP contribution < -0.4 is 15.4 Å². The van der Waals surface area contributed by atoms with Crippen molar-refractivity contribution in [3.05, 3.63) is 66.5 Å². The van der Waals surface area contributed by atoms with Gasteiger partial charge in [-0.25, -0.2) is 9.97 Å². The zero-order valence-electron chi connectivity index (χ0n) is 19.0. The van der Waals surface area contributed by atoms with Crippen LogP contribution in [0.15, 0.2) is 60.8 Å². The lowest BCUT2D eigenvalue weighted by atomic mass is 10.1. The van der Waals surface area contributed by atoms with E-state index in [1.807, 2.05) is 60.5 Å². The molecule has 1 atom stereocenters. The number of morpholine rings is 1. The first-order valence-corrected chi connectivity index (χ1v) is 11.0. The van der Waals surface area contributed by atoms with Crippen LogP contribution >= 0.6 is 0 Å². The van der Waals surface area contributed by atoms with Gasteiger partial charge in [-0.2, -0.15) is 0 Å². The van der Waals surface area contributed by atoms with E-state index in [2.05, 4.69) is 9.88 Å². The Kier molecular flexibility index (Phi) is 7.04. The fraction of sp³-hybridized carbons (Fsp3) is 0.320. The fourth-order valence-electron chi connectivity index (χ4n) is 3.79. The third-order valence-corrected chi connectivity index (χ3v) is 5.78. The molecule has 3 aromatic rings. The topological polar surface area (TPSA) is 93.8 Å². The smallest absolute Gasteiger partial charge is 0.224 e. The van der Waals surface area contributed by atoms with Crippen molar-refractivity contribution in [2.75, 3.05) is 51.0 Å². The van der Waals surface area contributed by atoms with Gasteiger partial charge in [0.15, 0.2) is 0 Å². The highest BCUT2D eigenvalue weighted by molar-refractivity contribution is 5.77. The van der Waals surface area contributed by atoms with Crippen molar-refractivity contribution in [3.63, 3.8) is 0 Å². The van der Waals surface area contributed by atoms with Crippen molar-refractivity contribution >= 4 is 17.4 Å². The highest BCUT2D eigenvalue weighted by Crippen LogP contribution is 2.25. The Morgan fingerprint density at radius 1 is 1.21 bits per heavy atom. The maximum atomic E-state index is 12.9. The first-order valence-electron chi connectivity index (χ1n) is 11.0. The number of nitrogens with zero attached hydrogens (tertiary/aromatic N) is 4. The van der Waals surface area contributed by atoms with Crippen LogP contribution in [0.25, 0.3) is 11.3 Å². The van der Waals surface area contributed by atoms with Gasteiger partial charge in [0.2, 0.25) is 5.91 Å². The number of pyridine rings is 2. The Morgan fingerprint density at radius 2 is 2.03 bits per heavy atom. The number of nitrogens with two attached hydrogens (primary N) is 1. The van der Waals surface area contributed by atoms with Crippen LogP contribution in [0.1, 0.15) is 18.2 Å². The summed E-state index contributed by atoms with van der Waals surface area (Å²) in [6, 6.07) is 17.3. The molecule has 0 spiro atoms. The summed E-state index contributed by atoms with van der Waals surface area (Å²) in [7, 11) is 3.63. The monoisotopic (exact) mass is 447 g/mol. The van der Waals surface area contributed by atoms with Gasteiger partial charge in [-0.1, -0.05) is 6.07 Å². The van der Waals surface area contributed by atoms with Crippen molar-refractivity contribution < 1.29 is 14.3 Å². The molecular weight excluding hydrogens is 418 g/mol. The summed E-state index contributed by atoms with van der Waals surface area (Å²) >= 11 is 0. The molecule has 2 N–H and O–H groups in total. The quantitative estimate of drug-likeness (QED) is 0.595. The van der Waals surface area contributed by atoms with Crippen LogP contribution in [0.2, 0.25) is 0 Å². The summed E-state index contributed by atoms with van der Waals surface area (Å²) in [4.78, 5) is 25.8. The molecule has 1 saturated heterocycles. The molecule has 1 aromatic carbocycles. The van der Waals surface area contributed by atoms with E-state index in [1.54, 1.807) is 19.4 Å². The predicted octanol–water partition coefficient (Wildman–Crippen LogP) is 3.16. The van der Waals surface area contributed by atoms with Crippen LogP contribution in [-0.2, 0) is 9.53 Å². The van der Waals surface area contributed by atoms with Gasteiger partial charge >= 0.3 is 0 Å². The van der Waals surface area contributed by atoms with Crippen molar-refractivity contribution in [1.82, 2.24) is 14.9 Å². The molecule has 33 heavy (non-hydrogen) atoms. The molecule has 0 unspecified atom stereocenters. The van der Waals surface area contributed by atoms with Gasteiger partial charge in [-0.05, 0) is 48.5 Å². The van der Waals surface area contributed by atoms with Gasteiger partial charge in [0.25, 0.3) is 0 Å². The van der Waals surface area contributed by atoms with Gasteiger partial charge in [0.1, 0.15) is 17.7 Å². The van der Waals surface area contributed by atoms with E-state index in [-0.39, 0.29) is 12.0 Å². The van der Waals surface area contributed by atoms with E-state index in [1.165, 1.54) is 0 Å². The van der Waals surface area contributed by atoms with E-state index in [9.17, 15) is 4.79 Å². The third-order valence-electron chi connectivity index (χ3n) is 5.78. The summed E-state index contributed by atoms with van der Waals surface area (Å²) < 4.78 is 11.2. The minimum atomic E-state index is -0.260. The molecule has 2 aromatic heterocycles. The molecular formula is C25H29N5O3. The number of rotatable bonds is 7. The number of aromatic nitrogens is 2. The van der Waals surface area contributed by atoms with Crippen LogP contribution in [0.3, 0.4) is 0 Å². The Morgan fingerprint density at radius 3 is 2.76 bits per heavy atom. The summed E-state index contributed by atoms with van der Waals surface area (Å²) in [5, 5.41) is 0. The maximum absolute atomic E-state index is 12.9. The molecule has 4 rings (SSSR count). The lowest BCUT2D eigenvalue weighted by Gasteiger charge is -2.33. The molecule has 8 heteroatoms. The van der Waals surface area contributed by atoms with Crippen LogP contribution in [0.4, 0.5) is 11.5 Å². The minimum Gasteiger partial charge on any atom is -0.497 e. The lowest BCUT2D eigenvalue weighted by Crippen LogP contribution is -2.43. The molecule has 0 radical (unpaired) electrons. The average molecular weight is 448 g/mol. The number of carbonyl (C=O) groups is 1. The Bertz CT molecular complexity index is 1070. The number of benzene rings is 1. The van der Waals surface area contributed by atoms with E-state index in [4.69, 9.17) is 20.2 Å². The van der Waals surface area contributed by atoms with Crippen LogP contribution in [0, 0.1) is 0 Å². The molecule has 1 aliphatic heterocycles. The second-order valence-corrected chi connectivity index (χ2v) is 7.99. The maximum Gasteiger partial charge on any atom is 0.224 e. The number of amides is 1. The molecule has 0 aliphatic carbocycles. The standard InChI is InChI=1S/C25H29N5O3/c1-29(19-7-9-20(32-2)10-8-19)13-12-25(31)30-14-15-33-23(17-30)22-5-3-4-21(28-22)18-6-11-24(26)27-16-18/h3-11,16,23H,12-15,17H2,1-2H3,(H2,26,27)/t23-/m0/s1.